The molecule has 1 aromatic heterocycles. The highest BCUT2D eigenvalue weighted by molar-refractivity contribution is 5.85. The first-order valence-corrected chi connectivity index (χ1v) is 12.9. The number of alkyl halides is 3. The van der Waals surface area contributed by atoms with E-state index in [4.69, 9.17) is 4.74 Å². The number of aromatic nitrogens is 1. The van der Waals surface area contributed by atoms with Crippen molar-refractivity contribution in [3.05, 3.63) is 64.9 Å². The molecule has 3 aromatic rings. The van der Waals surface area contributed by atoms with Gasteiger partial charge in [0.15, 0.2) is 0 Å². The largest absolute Gasteiger partial charge is 0.492 e. The minimum absolute atomic E-state index is 0.0777. The fraction of sp³-hybridized carbons (Fsp3) is 0.500. The number of para-hydroxylation sites is 1. The standard InChI is InChI=1S/C28H32F5N3O/c1-3-18-15-35(16-18)10-11-37-19-13-22(29)25(23(30)14-19)27-26-21(20-6-4-5-7-24(20)34-26)12-17(2)36(27)9-8-28(31,32)33/h4-7,13-14,17-18,27,34H,3,8-12,15-16H2,1-2H3/t17-,27+/m1/s1. The SMILES string of the molecule is CCC1CN(CCOc2cc(F)c([C@H]3c4[nH]c5ccccc5c4C[C@@H](C)N3CCC(F)(F)F)c(F)c2)C1. The number of aromatic amines is 1. The quantitative estimate of drug-likeness (QED) is 0.346. The normalized spacial score (nSPS) is 21.3. The molecule has 0 saturated carbocycles. The van der Waals surface area contributed by atoms with Gasteiger partial charge in [0.1, 0.15) is 24.0 Å². The van der Waals surface area contributed by atoms with E-state index in [1.807, 2.05) is 24.3 Å². The fourth-order valence-electron chi connectivity index (χ4n) is 5.74. The molecule has 5 rings (SSSR count). The van der Waals surface area contributed by atoms with Gasteiger partial charge in [-0.25, -0.2) is 8.78 Å². The lowest BCUT2D eigenvalue weighted by Crippen LogP contribution is -2.47. The van der Waals surface area contributed by atoms with Gasteiger partial charge >= 0.3 is 6.18 Å². The highest BCUT2D eigenvalue weighted by atomic mass is 19.4. The van der Waals surface area contributed by atoms with Gasteiger partial charge in [0, 0.05) is 66.5 Å². The highest BCUT2D eigenvalue weighted by Gasteiger charge is 2.40. The molecule has 1 fully saturated rings. The summed E-state index contributed by atoms with van der Waals surface area (Å²) in [6.45, 7) is 6.58. The number of ether oxygens (including phenoxy) is 1. The van der Waals surface area contributed by atoms with Crippen molar-refractivity contribution in [3.63, 3.8) is 0 Å². The molecule has 0 radical (unpaired) electrons. The molecule has 1 saturated heterocycles. The van der Waals surface area contributed by atoms with Crippen LogP contribution < -0.4 is 4.74 Å². The summed E-state index contributed by atoms with van der Waals surface area (Å²) >= 11 is 0. The molecule has 4 nitrogen and oxygen atoms in total. The van der Waals surface area contributed by atoms with E-state index in [-0.39, 0.29) is 23.9 Å². The van der Waals surface area contributed by atoms with Gasteiger partial charge in [0.05, 0.1) is 12.5 Å². The summed E-state index contributed by atoms with van der Waals surface area (Å²) in [7, 11) is 0. The van der Waals surface area contributed by atoms with Gasteiger partial charge in [-0.05, 0) is 30.9 Å². The number of likely N-dealkylation sites (tertiary alicyclic amines) is 1. The zero-order valence-electron chi connectivity index (χ0n) is 21.0. The van der Waals surface area contributed by atoms with E-state index in [9.17, 15) is 13.2 Å². The van der Waals surface area contributed by atoms with Crippen molar-refractivity contribution in [1.29, 1.82) is 0 Å². The van der Waals surface area contributed by atoms with E-state index < -0.39 is 30.3 Å². The summed E-state index contributed by atoms with van der Waals surface area (Å²) in [6, 6.07) is 8.43. The Morgan fingerprint density at radius 2 is 1.76 bits per heavy atom. The number of hydrogen-bond donors (Lipinski definition) is 1. The van der Waals surface area contributed by atoms with Crippen LogP contribution in [0.2, 0.25) is 0 Å². The summed E-state index contributed by atoms with van der Waals surface area (Å²) in [5.41, 5.74) is 1.95. The molecule has 0 bridgehead atoms. The minimum Gasteiger partial charge on any atom is -0.492 e. The molecule has 2 atom stereocenters. The molecule has 2 aliphatic heterocycles. The fourth-order valence-corrected chi connectivity index (χ4v) is 5.74. The first kappa shape index (κ1) is 26.0. The number of nitrogens with one attached hydrogen (secondary N) is 1. The van der Waals surface area contributed by atoms with Gasteiger partial charge in [-0.15, -0.1) is 0 Å². The second kappa shape index (κ2) is 10.3. The third kappa shape index (κ3) is 5.34. The number of benzene rings is 2. The van der Waals surface area contributed by atoms with Gasteiger partial charge in [-0.3, -0.25) is 9.80 Å². The monoisotopic (exact) mass is 521 g/mol. The van der Waals surface area contributed by atoms with E-state index in [1.54, 1.807) is 11.8 Å². The van der Waals surface area contributed by atoms with Crippen LogP contribution in [0.3, 0.4) is 0 Å². The van der Waals surface area contributed by atoms with Crippen LogP contribution in [0.5, 0.6) is 5.75 Å². The first-order chi connectivity index (χ1) is 17.6. The Morgan fingerprint density at radius 1 is 1.05 bits per heavy atom. The Labute approximate surface area is 213 Å². The molecule has 2 aromatic carbocycles. The average molecular weight is 522 g/mol. The van der Waals surface area contributed by atoms with E-state index >= 15 is 8.78 Å². The van der Waals surface area contributed by atoms with Crippen LogP contribution in [-0.4, -0.2) is 59.8 Å². The smallest absolute Gasteiger partial charge is 0.390 e. The second-order valence-electron chi connectivity index (χ2n) is 10.3. The van der Waals surface area contributed by atoms with Crippen LogP contribution in [0, 0.1) is 17.6 Å². The second-order valence-corrected chi connectivity index (χ2v) is 10.3. The average Bonchev–Trinajstić information content (AvgIpc) is 3.17. The lowest BCUT2D eigenvalue weighted by atomic mass is 9.88. The Bertz CT molecular complexity index is 1230. The lowest BCUT2D eigenvalue weighted by molar-refractivity contribution is -0.140. The summed E-state index contributed by atoms with van der Waals surface area (Å²) in [5, 5.41) is 0.918. The van der Waals surface area contributed by atoms with Crippen LogP contribution in [0.1, 0.15) is 49.6 Å². The summed E-state index contributed by atoms with van der Waals surface area (Å²) < 4.78 is 76.4. The number of H-pyrrole nitrogens is 1. The van der Waals surface area contributed by atoms with Crippen molar-refractivity contribution in [1.82, 2.24) is 14.8 Å². The van der Waals surface area contributed by atoms with E-state index in [0.29, 0.717) is 31.2 Å². The Balaban J connectivity index is 1.45. The maximum absolute atomic E-state index is 15.6. The van der Waals surface area contributed by atoms with Crippen LogP contribution >= 0.6 is 0 Å². The molecular formula is C28H32F5N3O. The topological polar surface area (TPSA) is 31.5 Å². The molecular weight excluding hydrogens is 489 g/mol. The maximum Gasteiger partial charge on any atom is 0.390 e. The van der Waals surface area contributed by atoms with Gasteiger partial charge < -0.3 is 9.72 Å². The molecule has 3 heterocycles. The number of hydrogen-bond acceptors (Lipinski definition) is 3. The number of fused-ring (bicyclic) bond motifs is 3. The third-order valence-electron chi connectivity index (χ3n) is 7.78. The molecule has 0 amide bonds. The Kier molecular flexibility index (Phi) is 7.20. The van der Waals surface area contributed by atoms with Gasteiger partial charge in [0.25, 0.3) is 0 Å². The van der Waals surface area contributed by atoms with Crippen LogP contribution in [0.25, 0.3) is 10.9 Å². The number of nitrogens with zero attached hydrogens (tertiary/aromatic N) is 2. The van der Waals surface area contributed by atoms with E-state index in [1.165, 1.54) is 0 Å². The van der Waals surface area contributed by atoms with E-state index in [0.717, 1.165) is 48.1 Å². The molecule has 200 valence electrons. The summed E-state index contributed by atoms with van der Waals surface area (Å²) in [6.07, 6.45) is -3.84. The number of rotatable bonds is 8. The molecule has 0 unspecified atom stereocenters. The van der Waals surface area contributed by atoms with Crippen molar-refractivity contribution in [2.75, 3.05) is 32.8 Å². The Morgan fingerprint density at radius 3 is 2.43 bits per heavy atom. The molecule has 0 spiro atoms. The first-order valence-electron chi connectivity index (χ1n) is 12.9. The maximum atomic E-state index is 15.6. The Hall–Kier alpha value is -2.65. The van der Waals surface area contributed by atoms with Crippen LogP contribution in [-0.2, 0) is 6.42 Å². The zero-order valence-corrected chi connectivity index (χ0v) is 21.0. The minimum atomic E-state index is -4.38. The molecule has 2 aliphatic rings. The van der Waals surface area contributed by atoms with Crippen LogP contribution in [0.4, 0.5) is 22.0 Å². The lowest BCUT2D eigenvalue weighted by Gasteiger charge is -2.41. The molecule has 37 heavy (non-hydrogen) atoms. The van der Waals surface area contributed by atoms with Gasteiger partial charge in [0.2, 0.25) is 0 Å². The molecule has 0 aliphatic carbocycles. The summed E-state index contributed by atoms with van der Waals surface area (Å²) in [4.78, 5) is 7.04. The van der Waals surface area contributed by atoms with Crippen molar-refractivity contribution in [2.45, 2.75) is 51.4 Å². The number of halogens is 5. The van der Waals surface area contributed by atoms with Crippen LogP contribution in [0.15, 0.2) is 36.4 Å². The van der Waals surface area contributed by atoms with Crippen molar-refractivity contribution in [3.8, 4) is 5.75 Å². The van der Waals surface area contributed by atoms with Gasteiger partial charge in [-0.2, -0.15) is 13.2 Å². The van der Waals surface area contributed by atoms with Gasteiger partial charge in [-0.1, -0.05) is 31.5 Å². The highest BCUT2D eigenvalue weighted by Crippen LogP contribution is 2.43. The molecule has 1 N–H and O–H groups in total. The summed E-state index contributed by atoms with van der Waals surface area (Å²) in [5.74, 6) is -0.882. The third-order valence-corrected chi connectivity index (χ3v) is 7.78. The zero-order chi connectivity index (χ0) is 26.3. The van der Waals surface area contributed by atoms with Crippen molar-refractivity contribution in [2.24, 2.45) is 5.92 Å². The van der Waals surface area contributed by atoms with Crippen molar-refractivity contribution >= 4 is 10.9 Å². The predicted molar refractivity (Wildman–Crippen MR) is 133 cm³/mol. The predicted octanol–water partition coefficient (Wildman–Crippen LogP) is 6.46. The molecule has 9 heteroatoms. The van der Waals surface area contributed by atoms with E-state index in [2.05, 4.69) is 16.8 Å². The van der Waals surface area contributed by atoms with Crippen molar-refractivity contribution < 1.29 is 26.7 Å².